The fraction of sp³-hybridized carbons (Fsp3) is 0.0909. The minimum Gasteiger partial charge on any atom is -0.458 e. The molecular weight excluding hydrogens is 879 g/mol. The molecule has 13 aromatic rings. The van der Waals surface area contributed by atoms with Crippen molar-refractivity contribution in [2.24, 2.45) is 5.41 Å². The van der Waals surface area contributed by atoms with Gasteiger partial charge in [0.2, 0.25) is 0 Å². The van der Waals surface area contributed by atoms with Crippen molar-refractivity contribution >= 4 is 54.6 Å². The Kier molecular flexibility index (Phi) is 7.80. The third-order valence-electron chi connectivity index (χ3n) is 13.8. The summed E-state index contributed by atoms with van der Waals surface area (Å²) in [6.07, 6.45) is 5.27. The van der Waals surface area contributed by atoms with Crippen molar-refractivity contribution in [1.82, 2.24) is 18.7 Å². The average molecular weight is 941 g/mol. The molecule has 0 aliphatic carbocycles. The molecule has 0 aliphatic rings. The van der Waals surface area contributed by atoms with Gasteiger partial charge in [0.05, 0.1) is 63.9 Å². The van der Waals surface area contributed by atoms with Crippen molar-refractivity contribution in [2.75, 3.05) is 0 Å². The zero-order chi connectivity index (χ0) is 58.1. The molecule has 0 amide bonds. The molecule has 1 atom stereocenters. The Hall–Kier alpha value is -9.00. The van der Waals surface area contributed by atoms with E-state index in [1.165, 1.54) is 0 Å². The minimum atomic E-state index is -0.959. The van der Waals surface area contributed by atoms with Crippen LogP contribution < -0.4 is 9.30 Å². The van der Waals surface area contributed by atoms with Crippen molar-refractivity contribution in [3.05, 3.63) is 242 Å². The van der Waals surface area contributed by atoms with Crippen LogP contribution in [0, 0.1) is 11.7 Å². The highest BCUT2D eigenvalue weighted by atomic mass is 16.5. The highest BCUT2D eigenvalue weighted by molar-refractivity contribution is 6.16. The SMILES string of the molecule is [2H]c1c([2H])c([2H])c(-c2cccc(-c3c([2H])c([2H])c([2H])c([2H])c3[2H])c2-[n+]2[c-]n(-c3cccc(Oc4cc(-n5c6ccccc6c6ccccc65)c5c6ccccc6n(-c6cc(C([2H])(C)C(C)(C)C)ccn6)c5c4)c3)c3ccccc32)c([2H])c1[2H]. The van der Waals surface area contributed by atoms with E-state index in [2.05, 4.69) is 90.8 Å². The van der Waals surface area contributed by atoms with E-state index in [4.69, 9.17) is 23.4 Å². The van der Waals surface area contributed by atoms with Crippen LogP contribution >= 0.6 is 0 Å². The van der Waals surface area contributed by atoms with E-state index in [1.54, 1.807) is 33.5 Å². The molecule has 0 N–H and O–H groups in total. The second kappa shape index (κ2) is 17.1. The van der Waals surface area contributed by atoms with Crippen LogP contribution in [0.25, 0.3) is 99.8 Å². The number of hydrogen-bond donors (Lipinski definition) is 0. The van der Waals surface area contributed by atoms with E-state index < -0.39 is 71.7 Å². The van der Waals surface area contributed by atoms with Crippen LogP contribution in [0.15, 0.2) is 230 Å². The molecule has 9 aromatic carbocycles. The number of pyridine rings is 1. The van der Waals surface area contributed by atoms with Gasteiger partial charge in [0, 0.05) is 41.2 Å². The molecule has 4 heterocycles. The van der Waals surface area contributed by atoms with Crippen molar-refractivity contribution < 1.29 is 24.4 Å². The largest absolute Gasteiger partial charge is 0.458 e. The minimum absolute atomic E-state index is 0.143. The lowest BCUT2D eigenvalue weighted by Gasteiger charge is -2.27. The lowest BCUT2D eigenvalue weighted by Crippen LogP contribution is -2.31. The van der Waals surface area contributed by atoms with Crippen molar-refractivity contribution in [3.63, 3.8) is 0 Å². The molecule has 0 saturated heterocycles. The summed E-state index contributed by atoms with van der Waals surface area (Å²) in [4.78, 5) is 5.00. The first-order chi connectivity index (χ1) is 39.8. The first-order valence-electron chi connectivity index (χ1n) is 29.3. The molecule has 0 spiro atoms. The summed E-state index contributed by atoms with van der Waals surface area (Å²) < 4.78 is 113. The molecule has 346 valence electrons. The Morgan fingerprint density at radius 3 is 1.81 bits per heavy atom. The normalized spacial score (nSPS) is 15.0. The Balaban J connectivity index is 1.03. The molecule has 0 aliphatic heterocycles. The van der Waals surface area contributed by atoms with Crippen LogP contribution in [0.5, 0.6) is 11.5 Å². The van der Waals surface area contributed by atoms with Crippen molar-refractivity contribution in [2.45, 2.75) is 33.6 Å². The standard InChI is InChI=1S/C66H51N5O/c1-44(66(2,3)4)47-37-38-67-63(39-47)71-58-34-16-13-29-55(58)64-61(70-56-32-14-11-27-53(56)54-28-12-15-33-57(54)70)41-50(42-62(64)71)72-49-26-19-25-48(40-49)68-43-69(60-36-18-17-35-59(60)68)65-51(45-21-7-5-8-22-45)30-20-31-52(65)46-23-9-6-10-24-46/h5-42,44H,1-4H3/i5D,6D,7D,8D,9D,10D,21D,22D,23D,24D,44D. The third kappa shape index (κ3) is 7.17. The Morgan fingerprint density at radius 2 is 1.15 bits per heavy atom. The molecule has 6 nitrogen and oxygen atoms in total. The molecule has 4 aromatic heterocycles. The van der Waals surface area contributed by atoms with Gasteiger partial charge in [-0.05, 0) is 87.7 Å². The summed E-state index contributed by atoms with van der Waals surface area (Å²) in [7, 11) is 0. The first-order valence-corrected chi connectivity index (χ1v) is 23.8. The number of aromatic nitrogens is 5. The highest BCUT2D eigenvalue weighted by Crippen LogP contribution is 2.44. The van der Waals surface area contributed by atoms with Crippen molar-refractivity contribution in [3.8, 4) is 56.6 Å². The highest BCUT2D eigenvalue weighted by Gasteiger charge is 2.26. The van der Waals surface area contributed by atoms with Gasteiger partial charge in [-0.15, -0.1) is 0 Å². The van der Waals surface area contributed by atoms with E-state index in [1.807, 2.05) is 97.9 Å². The van der Waals surface area contributed by atoms with E-state index in [0.717, 1.165) is 54.9 Å². The number of ether oxygens (including phenoxy) is 1. The van der Waals surface area contributed by atoms with Gasteiger partial charge in [0.1, 0.15) is 17.3 Å². The molecule has 1 unspecified atom stereocenters. The Morgan fingerprint density at radius 1 is 0.569 bits per heavy atom. The fourth-order valence-corrected chi connectivity index (χ4v) is 10.1. The van der Waals surface area contributed by atoms with Gasteiger partial charge in [-0.2, -0.15) is 0 Å². The predicted molar refractivity (Wildman–Crippen MR) is 295 cm³/mol. The first kappa shape index (κ1) is 32.7. The molecule has 6 heteroatoms. The van der Waals surface area contributed by atoms with Gasteiger partial charge in [-0.1, -0.05) is 191 Å². The lowest BCUT2D eigenvalue weighted by molar-refractivity contribution is -0.571. The number of nitrogens with zero attached hydrogens (tertiary/aromatic N) is 5. The second-order valence-electron chi connectivity index (χ2n) is 18.9. The number of para-hydroxylation sites is 6. The van der Waals surface area contributed by atoms with Crippen molar-refractivity contribution in [1.29, 1.82) is 0 Å². The number of imidazole rings is 1. The lowest BCUT2D eigenvalue weighted by atomic mass is 9.78. The second-order valence-corrected chi connectivity index (χ2v) is 18.9. The smallest absolute Gasteiger partial charge is 0.269 e. The summed E-state index contributed by atoms with van der Waals surface area (Å²) >= 11 is 0. The zero-order valence-electron chi connectivity index (χ0n) is 50.8. The summed E-state index contributed by atoms with van der Waals surface area (Å²) in [5.74, 6) is 0.665. The van der Waals surface area contributed by atoms with Gasteiger partial charge in [-0.25, -0.2) is 4.98 Å². The Labute approximate surface area is 434 Å². The summed E-state index contributed by atoms with van der Waals surface area (Å²) in [6.45, 7) is 8.16. The summed E-state index contributed by atoms with van der Waals surface area (Å²) in [5.41, 5.74) is 6.97. The molecule has 0 saturated carbocycles. The molecule has 0 bridgehead atoms. The van der Waals surface area contributed by atoms with E-state index in [-0.39, 0.29) is 27.9 Å². The van der Waals surface area contributed by atoms with Crippen LogP contribution in [0.4, 0.5) is 0 Å². The van der Waals surface area contributed by atoms with Gasteiger partial charge >= 0.3 is 0 Å². The van der Waals surface area contributed by atoms with Gasteiger partial charge in [0.15, 0.2) is 0 Å². The summed E-state index contributed by atoms with van der Waals surface area (Å²) in [5, 5.41) is 4.15. The molecule has 13 rings (SSSR count). The Bertz CT molecular complexity index is 4680. The number of benzene rings is 9. The van der Waals surface area contributed by atoms with E-state index in [0.29, 0.717) is 34.0 Å². The van der Waals surface area contributed by atoms with Gasteiger partial charge in [-0.3, -0.25) is 13.7 Å². The average Bonchev–Trinajstić information content (AvgIpc) is 2.82. The quantitative estimate of drug-likeness (QED) is 0.107. The van der Waals surface area contributed by atoms with Crippen LogP contribution in [0.2, 0.25) is 0 Å². The maximum absolute atomic E-state index is 9.61. The van der Waals surface area contributed by atoms with Crippen LogP contribution in [-0.4, -0.2) is 18.7 Å². The molecule has 0 fully saturated rings. The maximum atomic E-state index is 9.61. The molecule has 72 heavy (non-hydrogen) atoms. The number of hydrogen-bond acceptors (Lipinski definition) is 2. The van der Waals surface area contributed by atoms with E-state index >= 15 is 0 Å². The molecule has 0 radical (unpaired) electrons. The predicted octanol–water partition coefficient (Wildman–Crippen LogP) is 16.6. The maximum Gasteiger partial charge on any atom is 0.269 e. The van der Waals surface area contributed by atoms with Gasteiger partial charge in [0.25, 0.3) is 6.33 Å². The fourth-order valence-electron chi connectivity index (χ4n) is 10.1. The van der Waals surface area contributed by atoms with Crippen LogP contribution in [0.1, 0.15) is 54.2 Å². The topological polar surface area (TPSA) is 40.8 Å². The monoisotopic (exact) mass is 940 g/mol. The molecular formula is C66H51N5O. The van der Waals surface area contributed by atoms with Gasteiger partial charge < -0.3 is 9.30 Å². The van der Waals surface area contributed by atoms with E-state index in [9.17, 15) is 1.37 Å². The summed E-state index contributed by atoms with van der Waals surface area (Å²) in [6, 6.07) is 47.4. The third-order valence-corrected chi connectivity index (χ3v) is 13.8. The number of fused-ring (bicyclic) bond motifs is 7. The van der Waals surface area contributed by atoms with Crippen LogP contribution in [-0.2, 0) is 0 Å². The number of rotatable bonds is 9. The van der Waals surface area contributed by atoms with Crippen LogP contribution in [0.3, 0.4) is 0 Å². The zero-order valence-corrected chi connectivity index (χ0v) is 39.8.